The summed E-state index contributed by atoms with van der Waals surface area (Å²) in [6.45, 7) is 10.8. The van der Waals surface area contributed by atoms with Crippen LogP contribution in [0.15, 0.2) is 30.3 Å². The van der Waals surface area contributed by atoms with E-state index >= 15 is 0 Å². The van der Waals surface area contributed by atoms with Crippen molar-refractivity contribution in [2.75, 3.05) is 5.43 Å². The first-order valence-corrected chi connectivity index (χ1v) is 7.72. The molecule has 0 aliphatic carbocycles. The fourth-order valence-corrected chi connectivity index (χ4v) is 2.72. The van der Waals surface area contributed by atoms with Crippen LogP contribution >= 0.6 is 0 Å². The van der Waals surface area contributed by atoms with Crippen LogP contribution in [0.5, 0.6) is 0 Å². The molecule has 21 heavy (non-hydrogen) atoms. The summed E-state index contributed by atoms with van der Waals surface area (Å²) in [6, 6.07) is 10.8. The molecule has 0 aliphatic rings. The van der Waals surface area contributed by atoms with Crippen molar-refractivity contribution < 1.29 is 0 Å². The van der Waals surface area contributed by atoms with Crippen molar-refractivity contribution in [1.82, 2.24) is 5.43 Å². The van der Waals surface area contributed by atoms with Gasteiger partial charge in [0.05, 0.1) is 11.4 Å². The normalized spacial score (nSPS) is 10.5. The standard InChI is InChI=1S/C19H25N2/c1-6-16-11-13(3)12-17(7-2)19(16)21-20-18-14(4)9-8-10-15(18)5/h8-12,20H,6-7H2,1-5H3. The zero-order valence-electron chi connectivity index (χ0n) is 13.7. The molecule has 0 heterocycles. The van der Waals surface area contributed by atoms with Gasteiger partial charge in [0.15, 0.2) is 0 Å². The summed E-state index contributed by atoms with van der Waals surface area (Å²) in [5, 5.41) is 0. The average molecular weight is 281 g/mol. The summed E-state index contributed by atoms with van der Waals surface area (Å²) in [5.74, 6) is 0. The van der Waals surface area contributed by atoms with Gasteiger partial charge in [-0.15, -0.1) is 0 Å². The van der Waals surface area contributed by atoms with E-state index in [1.807, 2.05) is 0 Å². The van der Waals surface area contributed by atoms with Crippen molar-refractivity contribution in [2.45, 2.75) is 47.5 Å². The van der Waals surface area contributed by atoms with E-state index in [-0.39, 0.29) is 0 Å². The Balaban J connectivity index is 2.31. The molecule has 2 aromatic rings. The number of benzene rings is 2. The Morgan fingerprint density at radius 1 is 0.905 bits per heavy atom. The van der Waals surface area contributed by atoms with E-state index in [2.05, 4.69) is 70.4 Å². The molecule has 2 aromatic carbocycles. The van der Waals surface area contributed by atoms with Crippen LogP contribution in [0.2, 0.25) is 0 Å². The lowest BCUT2D eigenvalue weighted by molar-refractivity contribution is 0.957. The third-order valence-electron chi connectivity index (χ3n) is 3.93. The molecule has 0 aliphatic heterocycles. The lowest BCUT2D eigenvalue weighted by Crippen LogP contribution is -2.13. The van der Waals surface area contributed by atoms with E-state index < -0.39 is 0 Å². The summed E-state index contributed by atoms with van der Waals surface area (Å²) < 4.78 is 0. The Hall–Kier alpha value is -1.96. The van der Waals surface area contributed by atoms with Gasteiger partial charge in [-0.2, -0.15) is 5.43 Å². The number of nitrogens with one attached hydrogen (secondary N) is 1. The monoisotopic (exact) mass is 281 g/mol. The van der Waals surface area contributed by atoms with Gasteiger partial charge in [-0.05, 0) is 55.9 Å². The number of anilines is 1. The Labute approximate surface area is 128 Å². The Kier molecular flexibility index (Phi) is 4.89. The molecule has 111 valence electrons. The van der Waals surface area contributed by atoms with Crippen molar-refractivity contribution in [1.29, 1.82) is 0 Å². The van der Waals surface area contributed by atoms with Crippen LogP contribution in [0.25, 0.3) is 0 Å². The highest BCUT2D eigenvalue weighted by Gasteiger charge is 2.10. The molecule has 0 amide bonds. The molecule has 0 aromatic heterocycles. The summed E-state index contributed by atoms with van der Waals surface area (Å²) in [5.41, 5.74) is 16.6. The maximum absolute atomic E-state index is 4.73. The topological polar surface area (TPSA) is 26.1 Å². The lowest BCUT2D eigenvalue weighted by atomic mass is 10.00. The summed E-state index contributed by atoms with van der Waals surface area (Å²) in [7, 11) is 0. The second kappa shape index (κ2) is 6.66. The molecular formula is C19H25N2. The summed E-state index contributed by atoms with van der Waals surface area (Å²) >= 11 is 0. The van der Waals surface area contributed by atoms with Crippen LogP contribution in [-0.2, 0) is 12.8 Å². The highest BCUT2D eigenvalue weighted by molar-refractivity contribution is 5.60. The molecule has 0 saturated heterocycles. The van der Waals surface area contributed by atoms with Crippen molar-refractivity contribution in [3.05, 3.63) is 58.1 Å². The molecule has 2 rings (SSSR count). The largest absolute Gasteiger partial charge is 0.277 e. The number of hydrogen-bond acceptors (Lipinski definition) is 1. The van der Waals surface area contributed by atoms with Crippen LogP contribution in [0.3, 0.4) is 0 Å². The van der Waals surface area contributed by atoms with Gasteiger partial charge in [0, 0.05) is 0 Å². The number of nitrogens with zero attached hydrogens (tertiary/aromatic N) is 1. The molecule has 0 fully saturated rings. The molecule has 0 saturated carbocycles. The smallest absolute Gasteiger partial charge is 0.0897 e. The fraction of sp³-hybridized carbons (Fsp3) is 0.368. The van der Waals surface area contributed by atoms with Gasteiger partial charge < -0.3 is 0 Å². The molecule has 0 spiro atoms. The first kappa shape index (κ1) is 15.4. The molecular weight excluding hydrogens is 256 g/mol. The lowest BCUT2D eigenvalue weighted by Gasteiger charge is -2.17. The Bertz CT molecular complexity index is 584. The van der Waals surface area contributed by atoms with Crippen LogP contribution in [0, 0.1) is 20.8 Å². The van der Waals surface area contributed by atoms with Crippen LogP contribution in [0.4, 0.5) is 11.4 Å². The van der Waals surface area contributed by atoms with Gasteiger partial charge >= 0.3 is 0 Å². The van der Waals surface area contributed by atoms with E-state index in [9.17, 15) is 0 Å². The number of aryl methyl sites for hydroxylation is 5. The Morgan fingerprint density at radius 3 is 1.90 bits per heavy atom. The first-order chi connectivity index (χ1) is 10.1. The predicted octanol–water partition coefficient (Wildman–Crippen LogP) is 5.00. The number of hydrogen-bond donors (Lipinski definition) is 1. The number of rotatable bonds is 5. The van der Waals surface area contributed by atoms with Crippen LogP contribution < -0.4 is 10.9 Å². The average Bonchev–Trinajstić information content (AvgIpc) is 2.47. The van der Waals surface area contributed by atoms with Crippen LogP contribution in [0.1, 0.15) is 41.7 Å². The second-order valence-electron chi connectivity index (χ2n) is 5.63. The van der Waals surface area contributed by atoms with Crippen molar-refractivity contribution in [2.24, 2.45) is 0 Å². The van der Waals surface area contributed by atoms with E-state index in [0.717, 1.165) is 24.2 Å². The molecule has 2 nitrogen and oxygen atoms in total. The SMILES string of the molecule is CCc1cc(C)cc(CC)c1[N]Nc1c(C)cccc1C. The van der Waals surface area contributed by atoms with Crippen LogP contribution in [-0.4, -0.2) is 0 Å². The number of para-hydroxylation sites is 1. The second-order valence-corrected chi connectivity index (χ2v) is 5.63. The minimum atomic E-state index is 1.00. The highest BCUT2D eigenvalue weighted by Crippen LogP contribution is 2.26. The van der Waals surface area contributed by atoms with E-state index in [0.29, 0.717) is 0 Å². The van der Waals surface area contributed by atoms with E-state index in [1.54, 1.807) is 0 Å². The third kappa shape index (κ3) is 3.38. The van der Waals surface area contributed by atoms with Crippen molar-refractivity contribution in [3.63, 3.8) is 0 Å². The zero-order chi connectivity index (χ0) is 15.4. The summed E-state index contributed by atoms with van der Waals surface area (Å²) in [6.07, 6.45) is 2.00. The van der Waals surface area contributed by atoms with E-state index in [1.165, 1.54) is 27.8 Å². The maximum Gasteiger partial charge on any atom is 0.0897 e. The fourth-order valence-electron chi connectivity index (χ4n) is 2.72. The minimum Gasteiger partial charge on any atom is -0.277 e. The highest BCUT2D eigenvalue weighted by atomic mass is 15.4. The van der Waals surface area contributed by atoms with Gasteiger partial charge in [-0.25, -0.2) is 0 Å². The van der Waals surface area contributed by atoms with Gasteiger partial charge in [-0.3, -0.25) is 5.43 Å². The molecule has 1 radical (unpaired) electrons. The maximum atomic E-state index is 4.73. The third-order valence-corrected chi connectivity index (χ3v) is 3.93. The van der Waals surface area contributed by atoms with E-state index in [4.69, 9.17) is 5.43 Å². The molecule has 0 bridgehead atoms. The molecule has 0 unspecified atom stereocenters. The molecule has 2 heteroatoms. The molecule has 0 atom stereocenters. The summed E-state index contributed by atoms with van der Waals surface area (Å²) in [4.78, 5) is 0. The van der Waals surface area contributed by atoms with Gasteiger partial charge in [-0.1, -0.05) is 49.7 Å². The van der Waals surface area contributed by atoms with Gasteiger partial charge in [0.2, 0.25) is 0 Å². The van der Waals surface area contributed by atoms with Crippen molar-refractivity contribution >= 4 is 11.4 Å². The van der Waals surface area contributed by atoms with Gasteiger partial charge in [0.1, 0.15) is 0 Å². The minimum absolute atomic E-state index is 1.00. The quantitative estimate of drug-likeness (QED) is 0.767. The predicted molar refractivity (Wildman–Crippen MR) is 91.3 cm³/mol. The van der Waals surface area contributed by atoms with Crippen molar-refractivity contribution in [3.8, 4) is 0 Å². The molecule has 1 N–H and O–H groups in total. The van der Waals surface area contributed by atoms with Gasteiger partial charge in [0.25, 0.3) is 0 Å². The Morgan fingerprint density at radius 2 is 1.43 bits per heavy atom. The first-order valence-electron chi connectivity index (χ1n) is 7.72. The zero-order valence-corrected chi connectivity index (χ0v) is 13.7.